The van der Waals surface area contributed by atoms with Crippen LogP contribution in [0.4, 0.5) is 4.39 Å². The molecule has 2 saturated heterocycles. The number of piperidine rings is 1. The zero-order chi connectivity index (χ0) is 18.4. The van der Waals surface area contributed by atoms with E-state index in [0.717, 1.165) is 49.7 Å². The summed E-state index contributed by atoms with van der Waals surface area (Å²) in [5.74, 6) is 1.48. The van der Waals surface area contributed by atoms with Crippen LogP contribution in [0.1, 0.15) is 18.4 Å². The lowest BCUT2D eigenvalue weighted by molar-refractivity contribution is 0.0960. The first-order chi connectivity index (χ1) is 12.7. The van der Waals surface area contributed by atoms with Crippen LogP contribution >= 0.6 is 11.8 Å². The second-order valence-electron chi connectivity index (χ2n) is 6.84. The molecule has 1 atom stereocenters. The highest BCUT2D eigenvalue weighted by Gasteiger charge is 2.28. The number of likely N-dealkylation sites (tertiary alicyclic amines) is 1. The third-order valence-electron chi connectivity index (χ3n) is 5.14. The molecule has 1 unspecified atom stereocenters. The normalized spacial score (nSPS) is 22.2. The molecular formula is C18H24FN5OS. The summed E-state index contributed by atoms with van der Waals surface area (Å²) in [7, 11) is 0. The summed E-state index contributed by atoms with van der Waals surface area (Å²) in [6.45, 7) is 3.87. The summed E-state index contributed by atoms with van der Waals surface area (Å²) in [5, 5.41) is 14.1. The Labute approximate surface area is 157 Å². The molecule has 0 amide bonds. The number of nitriles is 1. The first-order valence-corrected chi connectivity index (χ1v) is 10.1. The Bertz CT molecular complexity index is 629. The topological polar surface area (TPSA) is 62.9 Å². The molecule has 3 rings (SSSR count). The molecule has 2 heterocycles. The lowest BCUT2D eigenvalue weighted by Crippen LogP contribution is -2.45. The maximum atomic E-state index is 13.0. The van der Waals surface area contributed by atoms with Gasteiger partial charge in [-0.05, 0) is 30.5 Å². The van der Waals surface area contributed by atoms with Crippen molar-refractivity contribution in [1.82, 2.24) is 14.8 Å². The predicted molar refractivity (Wildman–Crippen MR) is 101 cm³/mol. The molecule has 8 heteroatoms. The average Bonchev–Trinajstić information content (AvgIpc) is 3.13. The molecule has 0 spiro atoms. The molecule has 26 heavy (non-hydrogen) atoms. The van der Waals surface area contributed by atoms with Crippen LogP contribution in [0, 0.1) is 22.1 Å². The minimum Gasteiger partial charge on any atom is -0.299 e. The van der Waals surface area contributed by atoms with Gasteiger partial charge in [0.25, 0.3) is 0 Å². The van der Waals surface area contributed by atoms with Gasteiger partial charge >= 0.3 is 0 Å². The Kier molecular flexibility index (Phi) is 6.83. The molecule has 140 valence electrons. The van der Waals surface area contributed by atoms with Crippen molar-refractivity contribution in [3.63, 3.8) is 0 Å². The molecule has 0 radical (unpaired) electrons. The molecule has 0 N–H and O–H groups in total. The van der Waals surface area contributed by atoms with Crippen molar-refractivity contribution in [1.29, 1.82) is 5.26 Å². The van der Waals surface area contributed by atoms with Gasteiger partial charge in [0, 0.05) is 37.8 Å². The molecule has 2 fully saturated rings. The predicted octanol–water partition coefficient (Wildman–Crippen LogP) is 2.67. The Morgan fingerprint density at radius 3 is 2.69 bits per heavy atom. The van der Waals surface area contributed by atoms with Crippen LogP contribution in [-0.4, -0.2) is 64.7 Å². The lowest BCUT2D eigenvalue weighted by Gasteiger charge is -2.36. The monoisotopic (exact) mass is 377 g/mol. The standard InChI is InChI=1S/C18H24FN5OS/c19-16-3-1-15(2-4-16)12-22-7-5-17(6-8-22)24(21-25)10-9-23-14-26-13-18(23)11-20/h1-4,17-18H,5-10,12-14H2. The fraction of sp³-hybridized carbons (Fsp3) is 0.611. The molecule has 1 aromatic rings. The minimum atomic E-state index is -0.213. The van der Waals surface area contributed by atoms with Crippen LogP contribution in [0.15, 0.2) is 29.6 Å². The zero-order valence-electron chi connectivity index (χ0n) is 14.8. The quantitative estimate of drug-likeness (QED) is 0.538. The SMILES string of the molecule is N#CC1CSCN1CCN(N=O)C1CCN(Cc2ccc(F)cc2)CC1. The molecule has 1 aromatic carbocycles. The molecule has 2 aliphatic heterocycles. The van der Waals surface area contributed by atoms with Gasteiger partial charge in [0.2, 0.25) is 0 Å². The van der Waals surface area contributed by atoms with E-state index in [1.165, 1.54) is 12.1 Å². The maximum absolute atomic E-state index is 13.0. The number of hydrogen-bond acceptors (Lipinski definition) is 6. The third-order valence-corrected chi connectivity index (χ3v) is 6.21. The molecule has 0 bridgehead atoms. The van der Waals surface area contributed by atoms with E-state index in [1.54, 1.807) is 16.8 Å². The Morgan fingerprint density at radius 2 is 2.04 bits per heavy atom. The summed E-state index contributed by atoms with van der Waals surface area (Å²) in [6, 6.07) is 9.05. The van der Waals surface area contributed by atoms with Crippen LogP contribution in [0.3, 0.4) is 0 Å². The van der Waals surface area contributed by atoms with Crippen molar-refractivity contribution in [3.05, 3.63) is 40.6 Å². The first kappa shape index (κ1) is 19.1. The van der Waals surface area contributed by atoms with Gasteiger partial charge in [-0.3, -0.25) is 14.8 Å². The second kappa shape index (κ2) is 9.31. The van der Waals surface area contributed by atoms with E-state index in [9.17, 15) is 9.30 Å². The highest BCUT2D eigenvalue weighted by Crippen LogP contribution is 2.22. The number of nitrogens with zero attached hydrogens (tertiary/aromatic N) is 5. The smallest absolute Gasteiger partial charge is 0.123 e. The largest absolute Gasteiger partial charge is 0.299 e. The van der Waals surface area contributed by atoms with Crippen molar-refractivity contribution in [2.45, 2.75) is 31.5 Å². The van der Waals surface area contributed by atoms with Gasteiger partial charge in [-0.15, -0.1) is 16.7 Å². The van der Waals surface area contributed by atoms with Crippen LogP contribution in [-0.2, 0) is 6.54 Å². The molecule has 6 nitrogen and oxygen atoms in total. The van der Waals surface area contributed by atoms with Crippen molar-refractivity contribution in [2.24, 2.45) is 5.29 Å². The van der Waals surface area contributed by atoms with Gasteiger partial charge in [-0.1, -0.05) is 12.1 Å². The molecule has 0 aliphatic carbocycles. The second-order valence-corrected chi connectivity index (χ2v) is 7.84. The van der Waals surface area contributed by atoms with Gasteiger partial charge < -0.3 is 0 Å². The van der Waals surface area contributed by atoms with E-state index in [-0.39, 0.29) is 17.9 Å². The summed E-state index contributed by atoms with van der Waals surface area (Å²) in [6.07, 6.45) is 1.78. The highest BCUT2D eigenvalue weighted by molar-refractivity contribution is 7.99. The number of halogens is 1. The Hall–Kier alpha value is -1.69. The van der Waals surface area contributed by atoms with E-state index in [1.807, 2.05) is 12.1 Å². The third kappa shape index (κ3) is 4.93. The summed E-state index contributed by atoms with van der Waals surface area (Å²) in [5.41, 5.74) is 1.10. The van der Waals surface area contributed by atoms with E-state index in [4.69, 9.17) is 5.26 Å². The van der Waals surface area contributed by atoms with Gasteiger partial charge in [0.05, 0.1) is 23.9 Å². The molecule has 0 saturated carbocycles. The van der Waals surface area contributed by atoms with Crippen LogP contribution in [0.2, 0.25) is 0 Å². The van der Waals surface area contributed by atoms with Crippen molar-refractivity contribution < 1.29 is 4.39 Å². The average molecular weight is 377 g/mol. The molecule has 2 aliphatic rings. The van der Waals surface area contributed by atoms with Crippen molar-refractivity contribution in [3.8, 4) is 6.07 Å². The van der Waals surface area contributed by atoms with Gasteiger partial charge in [0.1, 0.15) is 11.9 Å². The number of rotatable bonds is 7. The van der Waals surface area contributed by atoms with Gasteiger partial charge in [0.15, 0.2) is 0 Å². The Balaban J connectivity index is 1.44. The number of benzene rings is 1. The van der Waals surface area contributed by atoms with E-state index >= 15 is 0 Å². The molecular weight excluding hydrogens is 353 g/mol. The van der Waals surface area contributed by atoms with Crippen LogP contribution in [0.25, 0.3) is 0 Å². The number of hydrogen-bond donors (Lipinski definition) is 0. The van der Waals surface area contributed by atoms with Gasteiger partial charge in [-0.2, -0.15) is 5.26 Å². The summed E-state index contributed by atoms with van der Waals surface area (Å²) >= 11 is 1.76. The van der Waals surface area contributed by atoms with Crippen molar-refractivity contribution >= 4 is 11.8 Å². The summed E-state index contributed by atoms with van der Waals surface area (Å²) < 4.78 is 13.0. The van der Waals surface area contributed by atoms with E-state index < -0.39 is 0 Å². The minimum absolute atomic E-state index is 0.0499. The van der Waals surface area contributed by atoms with Crippen LogP contribution < -0.4 is 0 Å². The van der Waals surface area contributed by atoms with Gasteiger partial charge in [-0.25, -0.2) is 4.39 Å². The molecule has 0 aromatic heterocycles. The Morgan fingerprint density at radius 1 is 1.31 bits per heavy atom. The highest BCUT2D eigenvalue weighted by atomic mass is 32.2. The maximum Gasteiger partial charge on any atom is 0.123 e. The van der Waals surface area contributed by atoms with Crippen LogP contribution in [0.5, 0.6) is 0 Å². The number of thioether (sulfide) groups is 1. The van der Waals surface area contributed by atoms with E-state index in [2.05, 4.69) is 21.2 Å². The fourth-order valence-corrected chi connectivity index (χ4v) is 4.72. The fourth-order valence-electron chi connectivity index (χ4n) is 3.56. The summed E-state index contributed by atoms with van der Waals surface area (Å²) in [4.78, 5) is 15.7. The number of nitroso groups, excluding NO2 is 1. The van der Waals surface area contributed by atoms with E-state index in [0.29, 0.717) is 13.1 Å². The first-order valence-electron chi connectivity index (χ1n) is 8.97. The zero-order valence-corrected chi connectivity index (χ0v) is 15.6. The van der Waals surface area contributed by atoms with Crippen molar-refractivity contribution in [2.75, 3.05) is 37.8 Å². The lowest BCUT2D eigenvalue weighted by atomic mass is 10.0.